The quantitative estimate of drug-likeness (QED) is 0.740. The van der Waals surface area contributed by atoms with Gasteiger partial charge in [-0.05, 0) is 6.07 Å². The van der Waals surface area contributed by atoms with Crippen LogP contribution in [0.25, 0.3) is 0 Å². The van der Waals surface area contributed by atoms with E-state index in [4.69, 9.17) is 5.73 Å². The van der Waals surface area contributed by atoms with Gasteiger partial charge in [0.2, 0.25) is 0 Å². The van der Waals surface area contributed by atoms with Crippen LogP contribution in [0.3, 0.4) is 0 Å². The largest absolute Gasteiger partial charge is 0.366 e. The summed E-state index contributed by atoms with van der Waals surface area (Å²) in [6.45, 7) is 0.623. The monoisotopic (exact) mass is 195 g/mol. The molecular formula is C9H10FN3O. The van der Waals surface area contributed by atoms with Gasteiger partial charge in [-0.2, -0.15) is 0 Å². The predicted octanol–water partition coefficient (Wildman–Crippen LogP) is 0.339. The second kappa shape index (κ2) is 3.25. The van der Waals surface area contributed by atoms with Crippen molar-refractivity contribution in [3.8, 4) is 0 Å². The van der Waals surface area contributed by atoms with Crippen LogP contribution in [0.4, 0.5) is 10.1 Å². The molecule has 0 aromatic carbocycles. The molecule has 2 N–H and O–H groups in total. The Labute approximate surface area is 80.5 Å². The third-order valence-electron chi connectivity index (χ3n) is 2.24. The molecule has 0 spiro atoms. The average Bonchev–Trinajstić information content (AvgIpc) is 2.13. The number of aromatic nitrogens is 1. The van der Waals surface area contributed by atoms with E-state index in [1.54, 1.807) is 11.0 Å². The first-order chi connectivity index (χ1) is 6.68. The van der Waals surface area contributed by atoms with E-state index in [1.165, 1.54) is 12.4 Å². The van der Waals surface area contributed by atoms with Crippen molar-refractivity contribution in [3.63, 3.8) is 0 Å². The molecular weight excluding hydrogens is 185 g/mol. The minimum absolute atomic E-state index is 0.311. The lowest BCUT2D eigenvalue weighted by Gasteiger charge is -2.36. The average molecular weight is 195 g/mol. The second-order valence-corrected chi connectivity index (χ2v) is 3.26. The summed E-state index contributed by atoms with van der Waals surface area (Å²) in [4.78, 5) is 16.7. The summed E-state index contributed by atoms with van der Waals surface area (Å²) >= 11 is 0. The number of nitrogens with zero attached hydrogens (tertiary/aromatic N) is 2. The SMILES string of the molecule is NC(=O)c1ccncc1N1CC(F)C1. The molecule has 2 rings (SSSR count). The molecule has 1 aromatic rings. The van der Waals surface area contributed by atoms with Crippen molar-refractivity contribution >= 4 is 11.6 Å². The van der Waals surface area contributed by atoms with Crippen molar-refractivity contribution in [2.24, 2.45) is 5.73 Å². The Balaban J connectivity index is 2.28. The van der Waals surface area contributed by atoms with Crippen molar-refractivity contribution in [2.45, 2.75) is 6.17 Å². The third-order valence-corrected chi connectivity index (χ3v) is 2.24. The molecule has 2 heterocycles. The van der Waals surface area contributed by atoms with Crippen molar-refractivity contribution in [2.75, 3.05) is 18.0 Å². The Morgan fingerprint density at radius 3 is 2.93 bits per heavy atom. The minimum Gasteiger partial charge on any atom is -0.366 e. The van der Waals surface area contributed by atoms with E-state index in [-0.39, 0.29) is 0 Å². The number of halogens is 1. The third kappa shape index (κ3) is 1.41. The molecule has 0 saturated carbocycles. The maximum absolute atomic E-state index is 12.6. The lowest BCUT2D eigenvalue weighted by molar-refractivity contribution is 0.1000. The fourth-order valence-electron chi connectivity index (χ4n) is 1.47. The van der Waals surface area contributed by atoms with Gasteiger partial charge in [-0.1, -0.05) is 0 Å². The van der Waals surface area contributed by atoms with Crippen molar-refractivity contribution in [1.82, 2.24) is 4.98 Å². The highest BCUT2D eigenvalue weighted by molar-refractivity contribution is 5.98. The molecule has 0 bridgehead atoms. The number of anilines is 1. The highest BCUT2D eigenvalue weighted by Crippen LogP contribution is 2.24. The lowest BCUT2D eigenvalue weighted by atomic mass is 10.1. The zero-order valence-corrected chi connectivity index (χ0v) is 7.48. The number of alkyl halides is 1. The zero-order valence-electron chi connectivity index (χ0n) is 7.48. The maximum Gasteiger partial charge on any atom is 0.250 e. The molecule has 1 fully saturated rings. The van der Waals surface area contributed by atoms with Crippen LogP contribution in [0.5, 0.6) is 0 Å². The van der Waals surface area contributed by atoms with Gasteiger partial charge in [0.05, 0.1) is 30.5 Å². The van der Waals surface area contributed by atoms with Gasteiger partial charge in [0.15, 0.2) is 0 Å². The summed E-state index contributed by atoms with van der Waals surface area (Å²) in [6, 6.07) is 1.54. The highest BCUT2D eigenvalue weighted by atomic mass is 19.1. The molecule has 14 heavy (non-hydrogen) atoms. The fourth-order valence-corrected chi connectivity index (χ4v) is 1.47. The molecule has 0 unspecified atom stereocenters. The zero-order chi connectivity index (χ0) is 10.1. The Morgan fingerprint density at radius 1 is 1.64 bits per heavy atom. The summed E-state index contributed by atoms with van der Waals surface area (Å²) in [7, 11) is 0. The number of pyridine rings is 1. The molecule has 74 valence electrons. The van der Waals surface area contributed by atoms with E-state index >= 15 is 0 Å². The topological polar surface area (TPSA) is 59.2 Å². The van der Waals surface area contributed by atoms with Crippen LogP contribution in [0, 0.1) is 0 Å². The maximum atomic E-state index is 12.6. The van der Waals surface area contributed by atoms with E-state index in [0.717, 1.165) is 0 Å². The van der Waals surface area contributed by atoms with E-state index in [1.807, 2.05) is 0 Å². The Kier molecular flexibility index (Phi) is 2.07. The summed E-state index contributed by atoms with van der Waals surface area (Å²) < 4.78 is 12.6. The molecule has 1 amide bonds. The van der Waals surface area contributed by atoms with E-state index in [9.17, 15) is 9.18 Å². The number of primary amides is 1. The first kappa shape index (κ1) is 8.93. The number of hydrogen-bond acceptors (Lipinski definition) is 3. The van der Waals surface area contributed by atoms with Gasteiger partial charge in [0.1, 0.15) is 6.17 Å². The van der Waals surface area contributed by atoms with Gasteiger partial charge in [-0.15, -0.1) is 0 Å². The first-order valence-corrected chi connectivity index (χ1v) is 4.31. The van der Waals surface area contributed by atoms with Crippen LogP contribution < -0.4 is 10.6 Å². The predicted molar refractivity (Wildman–Crippen MR) is 49.9 cm³/mol. The molecule has 0 radical (unpaired) electrons. The molecule has 0 atom stereocenters. The van der Waals surface area contributed by atoms with Gasteiger partial charge in [-0.25, -0.2) is 4.39 Å². The first-order valence-electron chi connectivity index (χ1n) is 4.31. The number of carbonyl (C=O) groups excluding carboxylic acids is 1. The van der Waals surface area contributed by atoms with Crippen LogP contribution >= 0.6 is 0 Å². The Morgan fingerprint density at radius 2 is 2.36 bits per heavy atom. The minimum atomic E-state index is -0.809. The van der Waals surface area contributed by atoms with E-state index in [0.29, 0.717) is 24.3 Å². The molecule has 1 aliphatic rings. The van der Waals surface area contributed by atoms with Gasteiger partial charge >= 0.3 is 0 Å². The molecule has 1 aliphatic heterocycles. The standard InChI is InChI=1S/C9H10FN3O/c10-6-4-13(5-6)8-3-12-2-1-7(8)9(11)14/h1-3,6H,4-5H2,(H2,11,14). The lowest BCUT2D eigenvalue weighted by Crippen LogP contribution is -2.49. The molecule has 4 nitrogen and oxygen atoms in total. The summed E-state index contributed by atoms with van der Waals surface area (Å²) in [5, 5.41) is 0. The number of amides is 1. The molecule has 5 heteroatoms. The molecule has 0 aliphatic carbocycles. The Hall–Kier alpha value is -1.65. The van der Waals surface area contributed by atoms with Gasteiger partial charge in [0.25, 0.3) is 5.91 Å². The van der Waals surface area contributed by atoms with Crippen LogP contribution in [-0.4, -0.2) is 30.2 Å². The smallest absolute Gasteiger partial charge is 0.250 e. The van der Waals surface area contributed by atoms with E-state index < -0.39 is 12.1 Å². The van der Waals surface area contributed by atoms with E-state index in [2.05, 4.69) is 4.98 Å². The summed E-state index contributed by atoms with van der Waals surface area (Å²) in [5.74, 6) is -0.510. The Bertz CT molecular complexity index is 363. The molecule has 1 saturated heterocycles. The summed E-state index contributed by atoms with van der Waals surface area (Å²) in [5.41, 5.74) is 6.19. The van der Waals surface area contributed by atoms with Crippen molar-refractivity contribution < 1.29 is 9.18 Å². The number of rotatable bonds is 2. The van der Waals surface area contributed by atoms with Gasteiger partial charge < -0.3 is 10.6 Å². The fraction of sp³-hybridized carbons (Fsp3) is 0.333. The normalized spacial score (nSPS) is 16.5. The van der Waals surface area contributed by atoms with Crippen LogP contribution in [0.2, 0.25) is 0 Å². The highest BCUT2D eigenvalue weighted by Gasteiger charge is 2.28. The van der Waals surface area contributed by atoms with Crippen molar-refractivity contribution in [3.05, 3.63) is 24.0 Å². The summed E-state index contributed by atoms with van der Waals surface area (Å²) in [6.07, 6.45) is 2.22. The molecule has 1 aromatic heterocycles. The van der Waals surface area contributed by atoms with Gasteiger partial charge in [-0.3, -0.25) is 9.78 Å². The number of nitrogens with two attached hydrogens (primary N) is 1. The van der Waals surface area contributed by atoms with Crippen LogP contribution in [-0.2, 0) is 0 Å². The second-order valence-electron chi connectivity index (χ2n) is 3.26. The van der Waals surface area contributed by atoms with Gasteiger partial charge in [0, 0.05) is 6.20 Å². The van der Waals surface area contributed by atoms with Crippen LogP contribution in [0.15, 0.2) is 18.5 Å². The number of carbonyl (C=O) groups is 1. The number of hydrogen-bond donors (Lipinski definition) is 1. The van der Waals surface area contributed by atoms with Crippen LogP contribution in [0.1, 0.15) is 10.4 Å². The van der Waals surface area contributed by atoms with Crippen molar-refractivity contribution in [1.29, 1.82) is 0 Å².